The molecule has 2 aliphatic rings. The summed E-state index contributed by atoms with van der Waals surface area (Å²) in [4.78, 5) is 17.0. The Morgan fingerprint density at radius 1 is 1.22 bits per heavy atom. The third-order valence-electron chi connectivity index (χ3n) is 4.98. The number of ether oxygens (including phenoxy) is 2. The smallest absolute Gasteiger partial charge is 0.246 e. The Morgan fingerprint density at radius 3 is 2.85 bits per heavy atom. The average molecular weight is 364 g/mol. The van der Waals surface area contributed by atoms with Crippen LogP contribution in [0.1, 0.15) is 30.0 Å². The topological polar surface area (TPSA) is 78.3 Å². The highest BCUT2D eigenvalue weighted by atomic mass is 16.6. The van der Waals surface area contributed by atoms with E-state index in [4.69, 9.17) is 9.47 Å². The number of carbonyl (C=O) groups excluding carboxylic acids is 1. The highest BCUT2D eigenvalue weighted by Crippen LogP contribution is 2.43. The molecule has 1 saturated carbocycles. The van der Waals surface area contributed by atoms with Crippen LogP contribution in [0.3, 0.4) is 0 Å². The number of carbonyl (C=O) groups is 1. The maximum absolute atomic E-state index is 12.6. The second-order valence-electron chi connectivity index (χ2n) is 7.02. The van der Waals surface area contributed by atoms with E-state index in [0.717, 1.165) is 16.7 Å². The Bertz CT molecular complexity index is 1040. The van der Waals surface area contributed by atoms with Gasteiger partial charge in [0.25, 0.3) is 0 Å². The lowest BCUT2D eigenvalue weighted by molar-refractivity contribution is -0.116. The van der Waals surface area contributed by atoms with Crippen LogP contribution >= 0.6 is 0 Å². The Morgan fingerprint density at radius 2 is 2.04 bits per heavy atom. The van der Waals surface area contributed by atoms with Crippen LogP contribution in [0.15, 0.2) is 30.5 Å². The number of amides is 1. The van der Waals surface area contributed by atoms with Crippen molar-refractivity contribution in [2.45, 2.75) is 32.2 Å². The first-order chi connectivity index (χ1) is 13.2. The van der Waals surface area contributed by atoms with Gasteiger partial charge in [-0.15, -0.1) is 0 Å². The van der Waals surface area contributed by atoms with Crippen molar-refractivity contribution in [1.29, 1.82) is 0 Å². The zero-order chi connectivity index (χ0) is 18.4. The van der Waals surface area contributed by atoms with Gasteiger partial charge in [-0.1, -0.05) is 0 Å². The van der Waals surface area contributed by atoms with E-state index in [0.29, 0.717) is 36.3 Å². The lowest BCUT2D eigenvalue weighted by Gasteiger charge is -2.19. The van der Waals surface area contributed by atoms with Gasteiger partial charge in [0.15, 0.2) is 17.1 Å². The molecule has 5 rings (SSSR count). The third kappa shape index (κ3) is 2.99. The maximum atomic E-state index is 12.6. The molecule has 0 radical (unpaired) electrons. The lowest BCUT2D eigenvalue weighted by atomic mass is 10.1. The molecule has 1 amide bonds. The van der Waals surface area contributed by atoms with E-state index in [1.165, 1.54) is 18.4 Å². The van der Waals surface area contributed by atoms with Crippen LogP contribution in [0.4, 0.5) is 5.69 Å². The van der Waals surface area contributed by atoms with Gasteiger partial charge in [-0.2, -0.15) is 5.10 Å². The molecule has 0 atom stereocenters. The van der Waals surface area contributed by atoms with Crippen LogP contribution in [0.2, 0.25) is 0 Å². The van der Waals surface area contributed by atoms with Gasteiger partial charge in [0.05, 0.1) is 5.69 Å². The zero-order valence-electron chi connectivity index (χ0n) is 15.1. The van der Waals surface area contributed by atoms with Gasteiger partial charge in [-0.3, -0.25) is 4.79 Å². The largest absolute Gasteiger partial charge is 0.486 e. The Labute approximate surface area is 156 Å². The van der Waals surface area contributed by atoms with E-state index in [9.17, 15) is 4.79 Å². The number of nitrogens with zero attached hydrogens (tertiary/aromatic N) is 3. The number of fused-ring (bicyclic) bond motifs is 2. The molecule has 0 saturated heterocycles. The van der Waals surface area contributed by atoms with Crippen molar-refractivity contribution in [3.63, 3.8) is 0 Å². The lowest BCUT2D eigenvalue weighted by Crippen LogP contribution is -2.20. The molecule has 3 heterocycles. The minimum Gasteiger partial charge on any atom is -0.486 e. The first-order valence-electron chi connectivity index (χ1n) is 9.20. The number of hydrogen-bond acceptors (Lipinski definition) is 5. The molecule has 27 heavy (non-hydrogen) atoms. The number of aryl methyl sites for hydroxylation is 1. The summed E-state index contributed by atoms with van der Waals surface area (Å²) >= 11 is 0. The standard InChI is InChI=1S/C20H20N4O3/c1-12-19-15(13-2-3-13)6-7-21-20(19)24(23-12)11-18(25)22-14-4-5-16-17(10-14)27-9-8-26-16/h4-7,10,13H,2-3,8-9,11H2,1H3,(H,22,25). The van der Waals surface area contributed by atoms with Crippen LogP contribution < -0.4 is 14.8 Å². The van der Waals surface area contributed by atoms with Gasteiger partial charge in [0.2, 0.25) is 5.91 Å². The quantitative estimate of drug-likeness (QED) is 0.770. The number of pyridine rings is 1. The fraction of sp³-hybridized carbons (Fsp3) is 0.350. The molecule has 7 heteroatoms. The number of hydrogen-bond donors (Lipinski definition) is 1. The average Bonchev–Trinajstić information content (AvgIpc) is 3.47. The minimum absolute atomic E-state index is 0.111. The molecule has 0 bridgehead atoms. The molecule has 138 valence electrons. The van der Waals surface area contributed by atoms with E-state index in [1.54, 1.807) is 22.9 Å². The summed E-state index contributed by atoms with van der Waals surface area (Å²) in [5, 5.41) is 8.55. The second kappa shape index (κ2) is 6.26. The number of anilines is 1. The normalized spacial score (nSPS) is 15.7. The fourth-order valence-corrected chi connectivity index (χ4v) is 3.61. The summed E-state index contributed by atoms with van der Waals surface area (Å²) in [5.74, 6) is 1.80. The first kappa shape index (κ1) is 16.1. The van der Waals surface area contributed by atoms with E-state index in [1.807, 2.05) is 13.1 Å². The fourth-order valence-electron chi connectivity index (χ4n) is 3.61. The molecule has 1 aromatic carbocycles. The Balaban J connectivity index is 1.37. The van der Waals surface area contributed by atoms with Crippen molar-refractivity contribution in [2.75, 3.05) is 18.5 Å². The highest BCUT2D eigenvalue weighted by Gasteiger charge is 2.27. The summed E-state index contributed by atoms with van der Waals surface area (Å²) in [6.07, 6.45) is 4.25. The second-order valence-corrected chi connectivity index (χ2v) is 7.02. The van der Waals surface area contributed by atoms with E-state index in [2.05, 4.69) is 21.5 Å². The summed E-state index contributed by atoms with van der Waals surface area (Å²) in [6, 6.07) is 7.47. The van der Waals surface area contributed by atoms with Crippen molar-refractivity contribution < 1.29 is 14.3 Å². The maximum Gasteiger partial charge on any atom is 0.246 e. The van der Waals surface area contributed by atoms with E-state index >= 15 is 0 Å². The van der Waals surface area contributed by atoms with Gasteiger partial charge in [-0.25, -0.2) is 9.67 Å². The van der Waals surface area contributed by atoms with Crippen LogP contribution in [0.25, 0.3) is 11.0 Å². The number of benzene rings is 1. The molecule has 0 spiro atoms. The van der Waals surface area contributed by atoms with Crippen LogP contribution in [0.5, 0.6) is 11.5 Å². The number of nitrogens with one attached hydrogen (secondary N) is 1. The molecule has 7 nitrogen and oxygen atoms in total. The van der Waals surface area contributed by atoms with Crippen molar-refractivity contribution >= 4 is 22.6 Å². The van der Waals surface area contributed by atoms with E-state index in [-0.39, 0.29) is 12.5 Å². The van der Waals surface area contributed by atoms with Crippen LogP contribution in [-0.4, -0.2) is 33.9 Å². The van der Waals surface area contributed by atoms with Crippen LogP contribution in [-0.2, 0) is 11.3 Å². The van der Waals surface area contributed by atoms with Crippen LogP contribution in [0, 0.1) is 6.92 Å². The molecule has 2 aromatic heterocycles. The summed E-state index contributed by atoms with van der Waals surface area (Å²) in [5.41, 5.74) is 3.67. The minimum atomic E-state index is -0.158. The predicted octanol–water partition coefficient (Wildman–Crippen LogP) is 3.03. The molecule has 1 aliphatic heterocycles. The molecular formula is C20H20N4O3. The van der Waals surface area contributed by atoms with Crippen molar-refractivity contribution in [3.05, 3.63) is 41.7 Å². The molecule has 0 unspecified atom stereocenters. The Hall–Kier alpha value is -3.09. The number of rotatable bonds is 4. The molecular weight excluding hydrogens is 344 g/mol. The van der Waals surface area contributed by atoms with Gasteiger partial charge in [-0.05, 0) is 49.4 Å². The molecule has 1 aliphatic carbocycles. The summed E-state index contributed by atoms with van der Waals surface area (Å²) in [7, 11) is 0. The van der Waals surface area contributed by atoms with E-state index < -0.39 is 0 Å². The van der Waals surface area contributed by atoms with Gasteiger partial charge >= 0.3 is 0 Å². The third-order valence-corrected chi connectivity index (χ3v) is 4.98. The Kier molecular flexibility index (Phi) is 3.74. The van der Waals surface area contributed by atoms with Crippen molar-refractivity contribution in [1.82, 2.24) is 14.8 Å². The van der Waals surface area contributed by atoms with Gasteiger partial charge in [0.1, 0.15) is 19.8 Å². The molecule has 1 N–H and O–H groups in total. The zero-order valence-corrected chi connectivity index (χ0v) is 15.1. The summed E-state index contributed by atoms with van der Waals surface area (Å²) < 4.78 is 12.8. The van der Waals surface area contributed by atoms with Gasteiger partial charge < -0.3 is 14.8 Å². The van der Waals surface area contributed by atoms with Gasteiger partial charge in [0, 0.05) is 23.3 Å². The summed E-state index contributed by atoms with van der Waals surface area (Å²) in [6.45, 7) is 3.14. The predicted molar refractivity (Wildman–Crippen MR) is 100 cm³/mol. The number of aromatic nitrogens is 3. The van der Waals surface area contributed by atoms with Crippen molar-refractivity contribution in [2.24, 2.45) is 0 Å². The monoisotopic (exact) mass is 364 g/mol. The highest BCUT2D eigenvalue weighted by molar-refractivity contribution is 5.92. The molecule has 1 fully saturated rings. The molecule has 3 aromatic rings. The first-order valence-corrected chi connectivity index (χ1v) is 9.20. The van der Waals surface area contributed by atoms with Crippen molar-refractivity contribution in [3.8, 4) is 11.5 Å². The SMILES string of the molecule is Cc1nn(CC(=O)Nc2ccc3c(c2)OCCO3)c2nccc(C3CC3)c12.